The number of carbonyl (C=O) groups excluding carboxylic acids is 1. The normalized spacial score (nSPS) is 14.1. The van der Waals surface area contributed by atoms with Crippen LogP contribution in [0.4, 0.5) is 19.0 Å². The zero-order valence-electron chi connectivity index (χ0n) is 24.6. The molecule has 232 valence electrons. The van der Waals surface area contributed by atoms with Gasteiger partial charge in [0.1, 0.15) is 17.9 Å². The molecule has 0 spiro atoms. The van der Waals surface area contributed by atoms with Gasteiger partial charge >= 0.3 is 6.18 Å². The van der Waals surface area contributed by atoms with Crippen LogP contribution in [-0.4, -0.2) is 69.8 Å². The molecule has 4 aromatic rings. The molecule has 12 heteroatoms. The van der Waals surface area contributed by atoms with E-state index in [-0.39, 0.29) is 29.2 Å². The van der Waals surface area contributed by atoms with E-state index in [4.69, 9.17) is 16.3 Å². The average Bonchev–Trinajstić information content (AvgIpc) is 3.35. The van der Waals surface area contributed by atoms with Gasteiger partial charge in [0.15, 0.2) is 5.82 Å². The molecule has 2 aromatic carbocycles. The number of Topliss-reactive ketones (excluding diaryl/α,β-unsaturated/α-hetero) is 1. The third kappa shape index (κ3) is 8.22. The Morgan fingerprint density at radius 2 is 1.73 bits per heavy atom. The van der Waals surface area contributed by atoms with Crippen LogP contribution in [0.25, 0.3) is 5.82 Å². The number of halogens is 4. The van der Waals surface area contributed by atoms with E-state index in [1.807, 2.05) is 44.2 Å². The summed E-state index contributed by atoms with van der Waals surface area (Å²) in [6, 6.07) is 13.3. The molecule has 2 aromatic heterocycles. The van der Waals surface area contributed by atoms with Crippen molar-refractivity contribution < 1.29 is 22.7 Å². The maximum absolute atomic E-state index is 13.3. The zero-order valence-corrected chi connectivity index (χ0v) is 25.4. The lowest BCUT2D eigenvalue weighted by Gasteiger charge is -2.26. The maximum atomic E-state index is 13.3. The fourth-order valence-electron chi connectivity index (χ4n) is 5.24. The number of benzene rings is 2. The van der Waals surface area contributed by atoms with Gasteiger partial charge in [0, 0.05) is 51.5 Å². The van der Waals surface area contributed by atoms with Crippen LogP contribution in [0.3, 0.4) is 0 Å². The minimum Gasteiger partial charge on any atom is -0.379 e. The maximum Gasteiger partial charge on any atom is 0.417 e. The number of carbonyl (C=O) groups is 1. The van der Waals surface area contributed by atoms with Gasteiger partial charge in [-0.3, -0.25) is 9.69 Å². The van der Waals surface area contributed by atoms with E-state index in [0.29, 0.717) is 18.1 Å². The summed E-state index contributed by atoms with van der Waals surface area (Å²) in [5.41, 5.74) is 3.95. The van der Waals surface area contributed by atoms with Crippen LogP contribution in [0.2, 0.25) is 5.02 Å². The zero-order chi connectivity index (χ0) is 31.3. The number of aromatic nitrogens is 4. The Kier molecular flexibility index (Phi) is 9.97. The first-order valence-electron chi connectivity index (χ1n) is 14.4. The van der Waals surface area contributed by atoms with Gasteiger partial charge in [-0.1, -0.05) is 35.9 Å². The van der Waals surface area contributed by atoms with Gasteiger partial charge in [0.25, 0.3) is 0 Å². The number of nitrogens with zero attached hydrogens (tertiary/aromatic N) is 5. The highest BCUT2D eigenvalue weighted by atomic mass is 35.5. The lowest BCUT2D eigenvalue weighted by atomic mass is 9.96. The van der Waals surface area contributed by atoms with Crippen molar-refractivity contribution in [3.8, 4) is 5.82 Å². The molecule has 0 saturated carbocycles. The first-order valence-corrected chi connectivity index (χ1v) is 14.8. The number of hydrogen-bond donors (Lipinski definition) is 1. The number of nitrogens with one attached hydrogen (secondary N) is 1. The van der Waals surface area contributed by atoms with Crippen LogP contribution in [0.1, 0.15) is 39.2 Å². The van der Waals surface area contributed by atoms with Gasteiger partial charge in [-0.15, -0.1) is 0 Å². The Hall–Kier alpha value is -3.80. The molecule has 0 unspecified atom stereocenters. The molecule has 0 radical (unpaired) electrons. The number of ketones is 1. The molecule has 44 heavy (non-hydrogen) atoms. The molecule has 0 amide bonds. The van der Waals surface area contributed by atoms with Crippen molar-refractivity contribution in [2.24, 2.45) is 0 Å². The second-order valence-corrected chi connectivity index (χ2v) is 11.4. The Balaban J connectivity index is 1.27. The highest BCUT2D eigenvalue weighted by molar-refractivity contribution is 6.31. The van der Waals surface area contributed by atoms with E-state index >= 15 is 0 Å². The van der Waals surface area contributed by atoms with Crippen LogP contribution < -0.4 is 5.32 Å². The number of alkyl halides is 3. The SMILES string of the molecule is Cc1cc(Cc2cc(CC(=O)Cc3ccc(Cl)c(C(F)(F)F)c3)ccc2C)n(-c2cc(NCCN3CCOCC3)ncn2)n1. The standard InChI is InChI=1S/C32H34ClF3N6O2/c1-21-3-4-23(15-27(43)16-24-5-6-29(33)28(17-24)32(34,35)36)14-25(21)18-26-13-22(2)40-42(26)31-19-30(38-20-39-31)37-7-8-41-9-11-44-12-10-41/h3-6,13-14,17,19-20H,7-12,15-16,18H2,1-2H3,(H,37,38,39). The van der Waals surface area contributed by atoms with Crippen LogP contribution in [0.5, 0.6) is 0 Å². The van der Waals surface area contributed by atoms with Gasteiger partial charge in [-0.05, 0) is 54.3 Å². The second kappa shape index (κ2) is 13.9. The molecule has 5 rings (SSSR count). The van der Waals surface area contributed by atoms with Crippen molar-refractivity contribution in [1.29, 1.82) is 0 Å². The fraction of sp³-hybridized carbons (Fsp3) is 0.375. The predicted octanol–water partition coefficient (Wildman–Crippen LogP) is 5.64. The highest BCUT2D eigenvalue weighted by Gasteiger charge is 2.33. The summed E-state index contributed by atoms with van der Waals surface area (Å²) in [6.07, 6.45) is -2.54. The van der Waals surface area contributed by atoms with E-state index in [0.717, 1.165) is 73.5 Å². The molecule has 1 fully saturated rings. The number of ether oxygens (including phenoxy) is 1. The summed E-state index contributed by atoms with van der Waals surface area (Å²) in [4.78, 5) is 24.1. The molecule has 0 bridgehead atoms. The molecule has 0 aliphatic carbocycles. The van der Waals surface area contributed by atoms with Crippen LogP contribution in [-0.2, 0) is 35.0 Å². The summed E-state index contributed by atoms with van der Waals surface area (Å²) in [5, 5.41) is 7.67. The van der Waals surface area contributed by atoms with Crippen LogP contribution >= 0.6 is 11.6 Å². The molecule has 8 nitrogen and oxygen atoms in total. The van der Waals surface area contributed by atoms with Gasteiger partial charge in [-0.2, -0.15) is 18.3 Å². The molecule has 1 aliphatic rings. The van der Waals surface area contributed by atoms with Gasteiger partial charge in [0.05, 0.1) is 35.2 Å². The Morgan fingerprint density at radius 1 is 1.00 bits per heavy atom. The number of hydrogen-bond acceptors (Lipinski definition) is 7. The van der Waals surface area contributed by atoms with Crippen molar-refractivity contribution >= 4 is 23.2 Å². The van der Waals surface area contributed by atoms with E-state index < -0.39 is 11.7 Å². The Morgan fingerprint density at radius 3 is 2.48 bits per heavy atom. The quantitative estimate of drug-likeness (QED) is 0.231. The topological polar surface area (TPSA) is 85.2 Å². The second-order valence-electron chi connectivity index (χ2n) is 11.0. The number of morpholine rings is 1. The third-order valence-electron chi connectivity index (χ3n) is 7.54. The fourth-order valence-corrected chi connectivity index (χ4v) is 5.47. The van der Waals surface area contributed by atoms with Crippen LogP contribution in [0, 0.1) is 13.8 Å². The lowest BCUT2D eigenvalue weighted by Crippen LogP contribution is -2.39. The predicted molar refractivity (Wildman–Crippen MR) is 162 cm³/mol. The largest absolute Gasteiger partial charge is 0.417 e. The average molecular weight is 627 g/mol. The Bertz CT molecular complexity index is 1620. The van der Waals surface area contributed by atoms with Crippen molar-refractivity contribution in [2.45, 2.75) is 39.3 Å². The van der Waals surface area contributed by atoms with Crippen molar-refractivity contribution in [1.82, 2.24) is 24.6 Å². The van der Waals surface area contributed by atoms with E-state index in [1.165, 1.54) is 18.5 Å². The minimum atomic E-state index is -4.58. The summed E-state index contributed by atoms with van der Waals surface area (Å²) in [6.45, 7) is 8.92. The lowest BCUT2D eigenvalue weighted by molar-refractivity contribution is -0.137. The monoisotopic (exact) mass is 626 g/mol. The Labute approximate surface area is 259 Å². The van der Waals surface area contributed by atoms with Gasteiger partial charge in [0.2, 0.25) is 0 Å². The molecule has 3 heterocycles. The molecule has 0 atom stereocenters. The van der Waals surface area contributed by atoms with E-state index in [9.17, 15) is 18.0 Å². The van der Waals surface area contributed by atoms with Gasteiger partial charge in [-0.25, -0.2) is 14.6 Å². The van der Waals surface area contributed by atoms with Crippen molar-refractivity contribution in [2.75, 3.05) is 44.7 Å². The first kappa shape index (κ1) is 31.6. The van der Waals surface area contributed by atoms with Crippen LogP contribution in [0.15, 0.2) is 54.9 Å². The minimum absolute atomic E-state index is 0.0982. The molecule has 1 N–H and O–H groups in total. The molecule has 1 saturated heterocycles. The van der Waals surface area contributed by atoms with E-state index in [2.05, 4.69) is 25.3 Å². The van der Waals surface area contributed by atoms with Crippen molar-refractivity contribution in [3.63, 3.8) is 0 Å². The van der Waals surface area contributed by atoms with Crippen molar-refractivity contribution in [3.05, 3.63) is 99.1 Å². The number of aryl methyl sites for hydroxylation is 2. The summed E-state index contributed by atoms with van der Waals surface area (Å²) in [7, 11) is 0. The summed E-state index contributed by atoms with van der Waals surface area (Å²) < 4.78 is 47.0. The molecular weight excluding hydrogens is 593 g/mol. The first-order chi connectivity index (χ1) is 21.0. The molecular formula is C32H34ClF3N6O2. The number of anilines is 1. The molecule has 1 aliphatic heterocycles. The number of rotatable bonds is 11. The smallest absolute Gasteiger partial charge is 0.379 e. The van der Waals surface area contributed by atoms with E-state index in [1.54, 1.807) is 4.68 Å². The summed E-state index contributed by atoms with van der Waals surface area (Å²) >= 11 is 5.73. The summed E-state index contributed by atoms with van der Waals surface area (Å²) in [5.74, 6) is 1.16. The third-order valence-corrected chi connectivity index (χ3v) is 7.87. The highest BCUT2D eigenvalue weighted by Crippen LogP contribution is 2.35. The van der Waals surface area contributed by atoms with Gasteiger partial charge < -0.3 is 10.1 Å².